The number of aliphatic hydroxyl groups is 8. The summed E-state index contributed by atoms with van der Waals surface area (Å²) in [6, 6.07) is -1.49. The highest BCUT2D eigenvalue weighted by atomic mass is 31.2. The molecule has 3 fully saturated rings. The van der Waals surface area contributed by atoms with Gasteiger partial charge in [-0.1, -0.05) is 194 Å². The van der Waals surface area contributed by atoms with Crippen molar-refractivity contribution in [1.82, 2.24) is 16.0 Å². The predicted molar refractivity (Wildman–Crippen MR) is 371 cm³/mol. The van der Waals surface area contributed by atoms with E-state index in [0.717, 1.165) is 52.6 Å². The van der Waals surface area contributed by atoms with Crippen LogP contribution >= 0.6 is 7.82 Å². The highest BCUT2D eigenvalue weighted by molar-refractivity contribution is 7.48. The quantitative estimate of drug-likeness (QED) is 0.0159. The molecule has 3 heterocycles. The van der Waals surface area contributed by atoms with Crippen molar-refractivity contribution in [1.29, 1.82) is 0 Å². The van der Waals surface area contributed by atoms with E-state index >= 15 is 0 Å². The zero-order valence-corrected chi connectivity index (χ0v) is 61.9. The van der Waals surface area contributed by atoms with Gasteiger partial charge in [-0.3, -0.25) is 37.5 Å². The highest BCUT2D eigenvalue weighted by Gasteiger charge is 2.54. The maximum atomic E-state index is 13.5. The van der Waals surface area contributed by atoms with Crippen molar-refractivity contribution in [3.8, 4) is 0 Å². The minimum absolute atomic E-state index is 0.0513. The van der Waals surface area contributed by atoms with Crippen LogP contribution in [0.2, 0.25) is 0 Å². The van der Waals surface area contributed by atoms with Crippen LogP contribution in [0.3, 0.4) is 0 Å². The van der Waals surface area contributed by atoms with E-state index in [1.807, 2.05) is 0 Å². The molecule has 0 bridgehead atoms. The molecule has 0 radical (unpaired) electrons. The van der Waals surface area contributed by atoms with Crippen molar-refractivity contribution in [2.75, 3.05) is 59.8 Å². The van der Waals surface area contributed by atoms with E-state index in [-0.39, 0.29) is 76.8 Å². The van der Waals surface area contributed by atoms with Gasteiger partial charge in [0, 0.05) is 52.8 Å². The fraction of sp³-hybridized carbons (Fsp3) is 0.930. The first kappa shape index (κ1) is 91.1. The fourth-order valence-corrected chi connectivity index (χ4v) is 13.3. The Morgan fingerprint density at radius 1 is 0.460 bits per heavy atom. The zero-order valence-electron chi connectivity index (χ0n) is 61.0. The summed E-state index contributed by atoms with van der Waals surface area (Å²) < 4.78 is 76.4. The molecule has 17 atom stereocenters. The number of nitrogens with one attached hydrogen (secondary N) is 3. The summed E-state index contributed by atoms with van der Waals surface area (Å²) in [5, 5.41) is 92.9. The molecule has 3 saturated heterocycles. The van der Waals surface area contributed by atoms with Gasteiger partial charge in [-0.25, -0.2) is 4.57 Å². The number of ether oxygens (including phenoxy) is 8. The van der Waals surface area contributed by atoms with Crippen molar-refractivity contribution in [2.24, 2.45) is 0 Å². The minimum atomic E-state index is -4.24. The molecule has 0 aromatic rings. The number of aliphatic hydroxyl groups excluding tert-OH is 8. The zero-order chi connectivity index (χ0) is 73.3. The molecule has 3 rings (SSSR count). The van der Waals surface area contributed by atoms with E-state index in [4.69, 9.17) is 51.5 Å². The lowest BCUT2D eigenvalue weighted by atomic mass is 9.95. The number of phosphoric ester groups is 1. The normalized spacial score (nSPS) is 26.4. The van der Waals surface area contributed by atoms with E-state index < -0.39 is 144 Å². The molecule has 3 aliphatic rings. The third-order valence-corrected chi connectivity index (χ3v) is 19.8. The maximum absolute atomic E-state index is 13.5. The second-order valence-electron chi connectivity index (χ2n) is 27.1. The first-order valence-electron chi connectivity index (χ1n) is 38.0. The topological polar surface area (TPSA) is 402 Å². The lowest BCUT2D eigenvalue weighted by molar-refractivity contribution is -0.385. The molecule has 100 heavy (non-hydrogen) atoms. The van der Waals surface area contributed by atoms with Gasteiger partial charge >= 0.3 is 19.8 Å². The van der Waals surface area contributed by atoms with Crippen LogP contribution in [0.25, 0.3) is 0 Å². The van der Waals surface area contributed by atoms with Crippen LogP contribution in [-0.2, 0) is 80.0 Å². The standard InChI is InChI=1S/C71H132N3O25P/c1-6-8-10-12-14-16-18-20-22-24-26-28-30-32-34-41-58(80)91-49-53(95-59(81)42-35-33-31-29-27-25-23-21-19-17-15-13-11-9-7-2)50-93-100(88,89-5)92-46-44-73-57(79)40-37-36-39-56(78)72-43-38-45-90-71-68(99-70-66(87)65(86)61(82)51(3)94-70)67(63(84)55(48-76)97-71)98-69-60(74-52(4)77)64(85)62(83)54(47-75)96-69/h51,53-55,60-71,75-76,82-87H,6-50H2,1-5H3,(H,72,78)(H,73,79)(H,74,77)/t51?,53-,54?,55?,60?,61+,62+,63+,64-,65-,66?,67+,68?,69+,70+,71-,100?/m1/s1. The van der Waals surface area contributed by atoms with Gasteiger partial charge in [-0.15, -0.1) is 0 Å². The number of rotatable bonds is 60. The molecule has 7 unspecified atom stereocenters. The van der Waals surface area contributed by atoms with E-state index in [2.05, 4.69) is 29.8 Å². The lowest BCUT2D eigenvalue weighted by Crippen LogP contribution is -2.68. The molecular formula is C71H132N3O25P. The summed E-state index contributed by atoms with van der Waals surface area (Å²) in [6.07, 6.45) is 13.6. The molecule has 0 aromatic heterocycles. The second-order valence-corrected chi connectivity index (χ2v) is 28.9. The van der Waals surface area contributed by atoms with Crippen LogP contribution in [0.4, 0.5) is 0 Å². The summed E-state index contributed by atoms with van der Waals surface area (Å²) in [5.74, 6) is -2.30. The number of carbonyl (C=O) groups is 5. The first-order chi connectivity index (χ1) is 48.2. The Morgan fingerprint density at radius 3 is 1.40 bits per heavy atom. The van der Waals surface area contributed by atoms with Crippen LogP contribution in [0.5, 0.6) is 0 Å². The summed E-state index contributed by atoms with van der Waals surface area (Å²) in [6.45, 7) is 4.22. The maximum Gasteiger partial charge on any atom is 0.474 e. The van der Waals surface area contributed by atoms with Gasteiger partial charge < -0.3 is 94.7 Å². The number of carbonyl (C=O) groups excluding carboxylic acids is 5. The first-order valence-corrected chi connectivity index (χ1v) is 39.5. The van der Waals surface area contributed by atoms with E-state index in [1.54, 1.807) is 0 Å². The molecule has 586 valence electrons. The number of amides is 3. The van der Waals surface area contributed by atoms with E-state index in [1.165, 1.54) is 148 Å². The molecule has 0 spiro atoms. The average Bonchev–Trinajstić information content (AvgIpc) is 0.774. The van der Waals surface area contributed by atoms with Crippen LogP contribution in [0, 0.1) is 0 Å². The smallest absolute Gasteiger partial charge is 0.462 e. The van der Waals surface area contributed by atoms with Crippen LogP contribution in [-0.4, -0.2) is 229 Å². The number of unbranched alkanes of at least 4 members (excludes halogenated alkanes) is 29. The van der Waals surface area contributed by atoms with Gasteiger partial charge in [-0.05, 0) is 39.0 Å². The van der Waals surface area contributed by atoms with Gasteiger partial charge in [0.2, 0.25) is 17.7 Å². The molecular weight excluding hydrogens is 1330 g/mol. The summed E-state index contributed by atoms with van der Waals surface area (Å²) in [7, 11) is -3.11. The lowest BCUT2D eigenvalue weighted by Gasteiger charge is -2.49. The predicted octanol–water partition coefficient (Wildman–Crippen LogP) is 7.57. The van der Waals surface area contributed by atoms with Gasteiger partial charge in [0.05, 0.1) is 39.1 Å². The average molecular weight is 1460 g/mol. The van der Waals surface area contributed by atoms with Crippen LogP contribution in [0.15, 0.2) is 0 Å². The largest absolute Gasteiger partial charge is 0.474 e. The molecule has 0 aliphatic carbocycles. The van der Waals surface area contributed by atoms with Gasteiger partial charge in [0.1, 0.15) is 73.7 Å². The summed E-state index contributed by atoms with van der Waals surface area (Å²) in [5.41, 5.74) is 0. The molecule has 3 amide bonds. The Balaban J connectivity index is 1.43. The SMILES string of the molecule is CCCCCCCCCCCCCCCCCC(=O)OC[C@H](COP(=O)(OC)OCCNC(=O)CCCCC(=O)NCCCO[C@@H]1OC(CO)[C@H](O)[C@H](O[C@@H]2OC(CO)[C@H](O)[C@H](O)C2NC(C)=O)C1O[C@@H]1OC(C)[C@H](O)[C@@H](O)C1O)OC(=O)CCCCCCCCCCCCCCCCC. The van der Waals surface area contributed by atoms with Crippen LogP contribution < -0.4 is 16.0 Å². The number of hydrogen-bond acceptors (Lipinski definition) is 25. The number of hydrogen-bond donors (Lipinski definition) is 11. The second kappa shape index (κ2) is 55.4. The molecule has 28 nitrogen and oxygen atoms in total. The fourth-order valence-electron chi connectivity index (χ4n) is 12.3. The number of esters is 2. The van der Waals surface area contributed by atoms with E-state index in [0.29, 0.717) is 25.7 Å². The molecule has 3 aliphatic heterocycles. The van der Waals surface area contributed by atoms with Gasteiger partial charge in [0.15, 0.2) is 25.0 Å². The molecule has 0 saturated carbocycles. The Kier molecular flexibility index (Phi) is 50.4. The Bertz CT molecular complexity index is 2200. The Labute approximate surface area is 595 Å². The third kappa shape index (κ3) is 38.3. The third-order valence-electron chi connectivity index (χ3n) is 18.4. The molecule has 11 N–H and O–H groups in total. The van der Waals surface area contributed by atoms with Crippen molar-refractivity contribution in [3.63, 3.8) is 0 Å². The van der Waals surface area contributed by atoms with Crippen molar-refractivity contribution in [2.45, 2.75) is 363 Å². The Hall–Kier alpha value is -3.10. The summed E-state index contributed by atoms with van der Waals surface area (Å²) >= 11 is 0. The minimum Gasteiger partial charge on any atom is -0.462 e. The van der Waals surface area contributed by atoms with Crippen LogP contribution in [0.1, 0.15) is 265 Å². The highest BCUT2D eigenvalue weighted by Crippen LogP contribution is 2.48. The van der Waals surface area contributed by atoms with Gasteiger partial charge in [0.25, 0.3) is 0 Å². The van der Waals surface area contributed by atoms with Gasteiger partial charge in [-0.2, -0.15) is 0 Å². The summed E-state index contributed by atoms with van der Waals surface area (Å²) in [4.78, 5) is 63.7. The molecule has 29 heteroatoms. The monoisotopic (exact) mass is 1460 g/mol. The number of phosphoric acid groups is 1. The van der Waals surface area contributed by atoms with E-state index in [9.17, 15) is 69.4 Å². The Morgan fingerprint density at radius 2 is 0.910 bits per heavy atom. The van der Waals surface area contributed by atoms with Crippen molar-refractivity contribution >= 4 is 37.5 Å². The van der Waals surface area contributed by atoms with Crippen molar-refractivity contribution in [3.05, 3.63) is 0 Å². The molecule has 0 aromatic carbocycles. The van der Waals surface area contributed by atoms with Crippen molar-refractivity contribution < 1.29 is 121 Å².